The monoisotopic (exact) mass is 404 g/mol. The summed E-state index contributed by atoms with van der Waals surface area (Å²) in [5.74, 6) is 0.0218. The highest BCUT2D eigenvalue weighted by Gasteiger charge is 2.10. The van der Waals surface area contributed by atoms with Crippen molar-refractivity contribution >= 4 is 22.8 Å². The van der Waals surface area contributed by atoms with Gasteiger partial charge in [-0.3, -0.25) is 4.79 Å². The molecule has 3 aromatic rings. The number of hydrogen-bond acceptors (Lipinski definition) is 4. The van der Waals surface area contributed by atoms with Gasteiger partial charge in [-0.25, -0.2) is 4.79 Å². The second-order valence-corrected chi connectivity index (χ2v) is 7.39. The molecule has 30 heavy (non-hydrogen) atoms. The molecule has 1 aromatic heterocycles. The predicted molar refractivity (Wildman–Crippen MR) is 121 cm³/mol. The fourth-order valence-corrected chi connectivity index (χ4v) is 3.39. The van der Waals surface area contributed by atoms with E-state index in [9.17, 15) is 9.59 Å². The molecule has 0 saturated carbocycles. The number of aromatic nitrogens is 2. The topological polar surface area (TPSA) is 61.2 Å². The molecule has 3 rings (SSSR count). The summed E-state index contributed by atoms with van der Waals surface area (Å²) in [4.78, 5) is 25.1. The number of unbranched alkanes of at least 4 members (excludes halogenated alkanes) is 1. The van der Waals surface area contributed by atoms with Crippen molar-refractivity contribution in [3.8, 4) is 5.69 Å². The van der Waals surface area contributed by atoms with Crippen molar-refractivity contribution in [2.75, 3.05) is 6.61 Å². The van der Waals surface area contributed by atoms with Crippen molar-refractivity contribution in [2.45, 2.75) is 39.5 Å². The fraction of sp³-hybridized carbons (Fsp3) is 0.320. The zero-order valence-corrected chi connectivity index (χ0v) is 17.6. The summed E-state index contributed by atoms with van der Waals surface area (Å²) < 4.78 is 6.80. The van der Waals surface area contributed by atoms with Crippen LogP contribution >= 0.6 is 0 Å². The molecule has 1 atom stereocenters. The molecule has 2 aromatic carbocycles. The number of fused-ring (bicyclic) bond motifs is 1. The van der Waals surface area contributed by atoms with Gasteiger partial charge >= 0.3 is 5.97 Å². The van der Waals surface area contributed by atoms with Gasteiger partial charge in [-0.2, -0.15) is 9.78 Å². The van der Waals surface area contributed by atoms with Crippen LogP contribution in [0.2, 0.25) is 0 Å². The SMILES string of the molecule is CCCCC(CC)COC(=O)/C=C/c1ccccc1-n1ncc2ccccc2c1=O. The van der Waals surface area contributed by atoms with Gasteiger partial charge in [0, 0.05) is 17.0 Å². The Morgan fingerprint density at radius 1 is 1.13 bits per heavy atom. The second kappa shape index (κ2) is 10.5. The van der Waals surface area contributed by atoms with E-state index in [-0.39, 0.29) is 11.5 Å². The molecule has 0 fully saturated rings. The molecule has 0 amide bonds. The summed E-state index contributed by atoms with van der Waals surface area (Å²) in [6.45, 7) is 4.72. The molecule has 0 aliphatic rings. The Balaban J connectivity index is 1.78. The molecule has 0 spiro atoms. The fourth-order valence-electron chi connectivity index (χ4n) is 3.39. The number of rotatable bonds is 9. The minimum absolute atomic E-state index is 0.196. The molecule has 5 heteroatoms. The van der Waals surface area contributed by atoms with Crippen LogP contribution in [0.3, 0.4) is 0 Å². The lowest BCUT2D eigenvalue weighted by Crippen LogP contribution is -2.21. The van der Waals surface area contributed by atoms with E-state index >= 15 is 0 Å². The summed E-state index contributed by atoms with van der Waals surface area (Å²) in [6.07, 6.45) is 9.12. The third-order valence-electron chi connectivity index (χ3n) is 5.26. The van der Waals surface area contributed by atoms with E-state index in [4.69, 9.17) is 4.74 Å². The normalized spacial score (nSPS) is 12.3. The third-order valence-corrected chi connectivity index (χ3v) is 5.26. The Morgan fingerprint density at radius 3 is 2.70 bits per heavy atom. The van der Waals surface area contributed by atoms with Crippen molar-refractivity contribution in [1.82, 2.24) is 9.78 Å². The highest BCUT2D eigenvalue weighted by atomic mass is 16.5. The first-order valence-corrected chi connectivity index (χ1v) is 10.5. The van der Waals surface area contributed by atoms with Gasteiger partial charge in [-0.15, -0.1) is 0 Å². The quantitative estimate of drug-likeness (QED) is 0.365. The number of ether oxygens (including phenoxy) is 1. The van der Waals surface area contributed by atoms with Crippen molar-refractivity contribution in [1.29, 1.82) is 0 Å². The minimum Gasteiger partial charge on any atom is -0.462 e. The molecule has 156 valence electrons. The molecule has 1 unspecified atom stereocenters. The average molecular weight is 405 g/mol. The summed E-state index contributed by atoms with van der Waals surface area (Å²) >= 11 is 0. The number of hydrogen-bond donors (Lipinski definition) is 0. The molecule has 0 bridgehead atoms. The molecule has 0 N–H and O–H groups in total. The number of nitrogens with zero attached hydrogens (tertiary/aromatic N) is 2. The first-order valence-electron chi connectivity index (χ1n) is 10.5. The Kier molecular flexibility index (Phi) is 7.55. The number of para-hydroxylation sites is 1. The van der Waals surface area contributed by atoms with Crippen LogP contribution in [0, 0.1) is 5.92 Å². The van der Waals surface area contributed by atoms with Gasteiger partial charge in [-0.05, 0) is 30.5 Å². The van der Waals surface area contributed by atoms with Crippen LogP contribution < -0.4 is 5.56 Å². The zero-order chi connectivity index (χ0) is 21.3. The lowest BCUT2D eigenvalue weighted by atomic mass is 10.0. The standard InChI is InChI=1S/C25H28N2O3/c1-3-5-10-19(4-2)18-30-24(28)16-15-20-11-7-9-14-23(20)27-25(29)22-13-8-6-12-21(22)17-26-27/h6-9,11-17,19H,3-5,10,18H2,1-2H3/b16-15+. The van der Waals surface area contributed by atoms with Gasteiger partial charge in [0.15, 0.2) is 0 Å². The smallest absolute Gasteiger partial charge is 0.330 e. The Bertz CT molecular complexity index is 1080. The van der Waals surface area contributed by atoms with Crippen molar-refractivity contribution < 1.29 is 9.53 Å². The predicted octanol–water partition coefficient (Wildman–Crippen LogP) is 5.16. The van der Waals surface area contributed by atoms with Gasteiger partial charge in [0.25, 0.3) is 5.56 Å². The zero-order valence-electron chi connectivity index (χ0n) is 17.6. The lowest BCUT2D eigenvalue weighted by molar-refractivity contribution is -0.139. The number of esters is 1. The maximum atomic E-state index is 12.9. The molecule has 0 radical (unpaired) electrons. The molecule has 5 nitrogen and oxygen atoms in total. The minimum atomic E-state index is -0.376. The Hall–Kier alpha value is -3.21. The van der Waals surface area contributed by atoms with E-state index in [1.54, 1.807) is 18.3 Å². The first-order chi connectivity index (χ1) is 14.6. The molecule has 0 aliphatic carbocycles. The van der Waals surface area contributed by atoms with Crippen LogP contribution in [0.5, 0.6) is 0 Å². The molecule has 0 aliphatic heterocycles. The summed E-state index contributed by atoms with van der Waals surface area (Å²) in [5.41, 5.74) is 1.14. The molecular weight excluding hydrogens is 376 g/mol. The molecule has 1 heterocycles. The third kappa shape index (κ3) is 5.23. The van der Waals surface area contributed by atoms with E-state index in [1.165, 1.54) is 10.8 Å². The second-order valence-electron chi connectivity index (χ2n) is 7.39. The lowest BCUT2D eigenvalue weighted by Gasteiger charge is -2.13. The summed E-state index contributed by atoms with van der Waals surface area (Å²) in [6, 6.07) is 14.7. The average Bonchev–Trinajstić information content (AvgIpc) is 2.78. The van der Waals surface area contributed by atoms with Crippen LogP contribution in [-0.2, 0) is 9.53 Å². The Labute approximate surface area is 177 Å². The van der Waals surface area contributed by atoms with Gasteiger partial charge in [0.2, 0.25) is 0 Å². The molecular formula is C25H28N2O3. The highest BCUT2D eigenvalue weighted by molar-refractivity contribution is 5.88. The first kappa shape index (κ1) is 21.5. The number of carbonyl (C=O) groups is 1. The van der Waals surface area contributed by atoms with Crippen LogP contribution in [0.15, 0.2) is 65.6 Å². The highest BCUT2D eigenvalue weighted by Crippen LogP contribution is 2.16. The maximum absolute atomic E-state index is 12.9. The van der Waals surface area contributed by atoms with Crippen LogP contribution in [0.25, 0.3) is 22.5 Å². The van der Waals surface area contributed by atoms with E-state index in [1.807, 2.05) is 42.5 Å². The van der Waals surface area contributed by atoms with Gasteiger partial charge in [-0.1, -0.05) is 69.5 Å². The molecule has 0 saturated heterocycles. The van der Waals surface area contributed by atoms with E-state index in [0.29, 0.717) is 23.6 Å². The Morgan fingerprint density at radius 2 is 1.90 bits per heavy atom. The van der Waals surface area contributed by atoms with Crippen molar-refractivity contribution in [2.24, 2.45) is 5.92 Å². The van der Waals surface area contributed by atoms with Gasteiger partial charge in [0.1, 0.15) is 0 Å². The largest absolute Gasteiger partial charge is 0.462 e. The maximum Gasteiger partial charge on any atom is 0.330 e. The van der Waals surface area contributed by atoms with Crippen LogP contribution in [0.4, 0.5) is 0 Å². The van der Waals surface area contributed by atoms with E-state index in [2.05, 4.69) is 18.9 Å². The van der Waals surface area contributed by atoms with Crippen LogP contribution in [0.1, 0.15) is 45.1 Å². The van der Waals surface area contributed by atoms with E-state index < -0.39 is 0 Å². The van der Waals surface area contributed by atoms with Gasteiger partial charge in [0.05, 0.1) is 23.9 Å². The van der Waals surface area contributed by atoms with Gasteiger partial charge < -0.3 is 4.74 Å². The number of carbonyl (C=O) groups excluding carboxylic acids is 1. The summed E-state index contributed by atoms with van der Waals surface area (Å²) in [5, 5.41) is 5.71. The van der Waals surface area contributed by atoms with Crippen molar-refractivity contribution in [3.63, 3.8) is 0 Å². The summed E-state index contributed by atoms with van der Waals surface area (Å²) in [7, 11) is 0. The number of benzene rings is 2. The van der Waals surface area contributed by atoms with E-state index in [0.717, 1.165) is 36.6 Å². The van der Waals surface area contributed by atoms with Crippen LogP contribution in [-0.4, -0.2) is 22.4 Å². The van der Waals surface area contributed by atoms with Crippen molar-refractivity contribution in [3.05, 3.63) is 76.7 Å².